The standard InChI is InChI=1S/C85H140O17P2/c1-5-9-13-17-21-25-29-33-35-37-39-41-43-47-50-54-58-62-66-70-83(88)96-76-81(102-85(90)72-68-64-60-56-52-48-44-42-40-38-36-34-30-26-22-18-14-10-6-2)78-100-104(93,94)98-74-79(86)73-97-103(91,92)99-77-80(101-84(89)71-67-63-59-55-51-46-32-28-24-20-16-12-8-4)75-95-82(87)69-65-61-57-53-49-45-31-27-23-19-15-11-7-3/h9-10,13-14,21-22,25-27,31,33-36,39-42,47-48,50,52,58,60,62,64,79-81,86H,5-8,11-12,15-20,23-24,28-30,32,37-38,43-46,49,51,53-57,59,61,63,65-78H2,1-4H3,(H,91,92)(H,93,94)/b13-9-,14-10-,25-21-,26-22-,31-27-,35-33-,36-34-,41-39-,42-40-,50-47-,52-48-,62-58-,64-60-/t79-,80+,81+/m0/s1. The molecule has 592 valence electrons. The van der Waals surface area contributed by atoms with Gasteiger partial charge in [0.2, 0.25) is 0 Å². The van der Waals surface area contributed by atoms with Gasteiger partial charge in [-0.05, 0) is 128 Å². The lowest BCUT2D eigenvalue weighted by atomic mass is 10.0. The molecule has 0 aromatic carbocycles. The third-order valence-corrected chi connectivity index (χ3v) is 17.9. The van der Waals surface area contributed by atoms with Crippen LogP contribution in [-0.4, -0.2) is 96.7 Å². The Kier molecular flexibility index (Phi) is 72.0. The topological polar surface area (TPSA) is 237 Å². The Labute approximate surface area is 629 Å². The molecule has 0 aliphatic rings. The monoisotopic (exact) mass is 1490 g/mol. The van der Waals surface area contributed by atoms with Crippen molar-refractivity contribution < 1.29 is 80.2 Å². The first-order chi connectivity index (χ1) is 50.7. The maximum atomic E-state index is 13.1. The fourth-order valence-corrected chi connectivity index (χ4v) is 11.6. The summed E-state index contributed by atoms with van der Waals surface area (Å²) in [6.07, 6.45) is 88.3. The summed E-state index contributed by atoms with van der Waals surface area (Å²) in [5, 5.41) is 10.6. The molecule has 0 spiro atoms. The van der Waals surface area contributed by atoms with Crippen LogP contribution in [0.1, 0.15) is 297 Å². The molecule has 0 saturated carbocycles. The van der Waals surface area contributed by atoms with Gasteiger partial charge < -0.3 is 33.8 Å². The molecular weight excluding hydrogens is 1350 g/mol. The van der Waals surface area contributed by atoms with Crippen molar-refractivity contribution in [2.45, 2.75) is 316 Å². The van der Waals surface area contributed by atoms with Crippen LogP contribution in [0.5, 0.6) is 0 Å². The maximum absolute atomic E-state index is 13.1. The molecule has 2 unspecified atom stereocenters. The molecule has 0 aromatic heterocycles. The van der Waals surface area contributed by atoms with Crippen LogP contribution in [0.4, 0.5) is 0 Å². The number of rotatable bonds is 73. The second-order valence-corrected chi connectivity index (χ2v) is 28.8. The summed E-state index contributed by atoms with van der Waals surface area (Å²) in [4.78, 5) is 72.9. The summed E-state index contributed by atoms with van der Waals surface area (Å²) in [6.45, 7) is 4.45. The molecule has 0 aliphatic carbocycles. The Morgan fingerprint density at radius 2 is 0.519 bits per heavy atom. The van der Waals surface area contributed by atoms with E-state index in [1.54, 1.807) is 0 Å². The minimum Gasteiger partial charge on any atom is -0.462 e. The maximum Gasteiger partial charge on any atom is 0.472 e. The van der Waals surface area contributed by atoms with Gasteiger partial charge in [0, 0.05) is 25.7 Å². The predicted octanol–water partition coefficient (Wildman–Crippen LogP) is 23.2. The third kappa shape index (κ3) is 74.9. The summed E-state index contributed by atoms with van der Waals surface area (Å²) in [5.74, 6) is -2.38. The number of aliphatic hydroxyl groups is 1. The van der Waals surface area contributed by atoms with Crippen molar-refractivity contribution >= 4 is 39.5 Å². The first-order valence-corrected chi connectivity index (χ1v) is 42.7. The van der Waals surface area contributed by atoms with E-state index in [1.807, 2.05) is 36.5 Å². The Balaban J connectivity index is 5.51. The van der Waals surface area contributed by atoms with Crippen LogP contribution in [0.15, 0.2) is 158 Å². The molecule has 17 nitrogen and oxygen atoms in total. The number of allylic oxidation sites excluding steroid dienone is 26. The Hall–Kier alpha value is -5.32. The van der Waals surface area contributed by atoms with Crippen LogP contribution in [0, 0.1) is 0 Å². The number of esters is 4. The Morgan fingerprint density at radius 1 is 0.279 bits per heavy atom. The molecule has 0 bridgehead atoms. The number of hydrogen-bond donors (Lipinski definition) is 3. The van der Waals surface area contributed by atoms with Gasteiger partial charge >= 0.3 is 39.5 Å². The van der Waals surface area contributed by atoms with Crippen molar-refractivity contribution in [2.75, 3.05) is 39.6 Å². The number of ether oxygens (including phenoxy) is 4. The van der Waals surface area contributed by atoms with E-state index in [1.165, 1.54) is 77.0 Å². The molecule has 0 saturated heterocycles. The normalized spacial score (nSPS) is 14.7. The second kappa shape index (κ2) is 75.9. The number of carbonyl (C=O) groups is 4. The Morgan fingerprint density at radius 3 is 0.856 bits per heavy atom. The molecular formula is C85H140O17P2. The van der Waals surface area contributed by atoms with E-state index in [9.17, 15) is 43.2 Å². The van der Waals surface area contributed by atoms with Crippen molar-refractivity contribution in [1.29, 1.82) is 0 Å². The molecule has 0 rings (SSSR count). The molecule has 0 amide bonds. The molecule has 0 heterocycles. The van der Waals surface area contributed by atoms with Crippen LogP contribution in [0.25, 0.3) is 0 Å². The lowest BCUT2D eigenvalue weighted by Gasteiger charge is -2.21. The van der Waals surface area contributed by atoms with Gasteiger partial charge in [0.15, 0.2) is 12.2 Å². The van der Waals surface area contributed by atoms with Crippen LogP contribution in [0.2, 0.25) is 0 Å². The first-order valence-electron chi connectivity index (χ1n) is 39.7. The highest BCUT2D eigenvalue weighted by atomic mass is 31.2. The van der Waals surface area contributed by atoms with Gasteiger partial charge in [0.1, 0.15) is 19.3 Å². The van der Waals surface area contributed by atoms with Gasteiger partial charge in [-0.1, -0.05) is 301 Å². The van der Waals surface area contributed by atoms with Crippen LogP contribution < -0.4 is 0 Å². The van der Waals surface area contributed by atoms with E-state index in [0.29, 0.717) is 38.5 Å². The van der Waals surface area contributed by atoms with E-state index in [2.05, 4.69) is 149 Å². The van der Waals surface area contributed by atoms with E-state index in [0.717, 1.165) is 128 Å². The van der Waals surface area contributed by atoms with E-state index in [-0.39, 0.29) is 25.7 Å². The first kappa shape index (κ1) is 98.7. The summed E-state index contributed by atoms with van der Waals surface area (Å²) in [5.41, 5.74) is 0. The zero-order valence-electron chi connectivity index (χ0n) is 64.6. The van der Waals surface area contributed by atoms with Crippen LogP contribution >= 0.6 is 15.6 Å². The van der Waals surface area contributed by atoms with Gasteiger partial charge in [-0.15, -0.1) is 0 Å². The van der Waals surface area contributed by atoms with Crippen LogP contribution in [-0.2, 0) is 65.4 Å². The summed E-state index contributed by atoms with van der Waals surface area (Å²) >= 11 is 0. The number of aliphatic hydroxyl groups excluding tert-OH is 1. The van der Waals surface area contributed by atoms with E-state index in [4.69, 9.17) is 37.0 Å². The fraction of sp³-hybridized carbons (Fsp3) is 0.647. The number of carbonyl (C=O) groups excluding carboxylic acids is 4. The van der Waals surface area contributed by atoms with Crippen molar-refractivity contribution in [1.82, 2.24) is 0 Å². The average molecular weight is 1500 g/mol. The van der Waals surface area contributed by atoms with Crippen molar-refractivity contribution in [3.63, 3.8) is 0 Å². The molecule has 0 radical (unpaired) electrons. The minimum atomic E-state index is -5.02. The molecule has 0 aromatic rings. The summed E-state index contributed by atoms with van der Waals surface area (Å²) in [7, 11) is -10.0. The predicted molar refractivity (Wildman–Crippen MR) is 427 cm³/mol. The highest BCUT2D eigenvalue weighted by molar-refractivity contribution is 7.47. The van der Waals surface area contributed by atoms with Crippen LogP contribution in [0.3, 0.4) is 0 Å². The molecule has 19 heteroatoms. The largest absolute Gasteiger partial charge is 0.472 e. The molecule has 0 aliphatic heterocycles. The number of phosphoric acid groups is 2. The second-order valence-electron chi connectivity index (χ2n) is 25.9. The SMILES string of the molecule is CC/C=C\C/C=C\C/C=C\C/C=C\C/C=C\C/C=C\CCC(=O)OC[C@H](COP(=O)(O)OC[C@@H](O)COP(=O)(O)OC[C@@H](COC(=O)CCCCCCC/C=C\CCCCCC)OC(=O)CCCCCCCCCCCCCCC)OC(=O)CC/C=C\C/C=C\C/C=C\C/C=C\C/C=C\C/C=C\CC. The number of hydrogen-bond acceptors (Lipinski definition) is 15. The van der Waals surface area contributed by atoms with Crippen molar-refractivity contribution in [3.8, 4) is 0 Å². The lowest BCUT2D eigenvalue weighted by molar-refractivity contribution is -0.161. The van der Waals surface area contributed by atoms with Gasteiger partial charge in [-0.3, -0.25) is 37.3 Å². The number of phosphoric ester groups is 2. The van der Waals surface area contributed by atoms with Gasteiger partial charge in [0.25, 0.3) is 0 Å². The summed E-state index contributed by atoms with van der Waals surface area (Å²) < 4.78 is 68.4. The highest BCUT2D eigenvalue weighted by Crippen LogP contribution is 2.45. The quantitative estimate of drug-likeness (QED) is 0.0169. The van der Waals surface area contributed by atoms with Gasteiger partial charge in [0.05, 0.1) is 26.4 Å². The molecule has 0 fully saturated rings. The van der Waals surface area contributed by atoms with Crippen molar-refractivity contribution in [2.24, 2.45) is 0 Å². The van der Waals surface area contributed by atoms with E-state index < -0.39 is 97.5 Å². The Bertz CT molecular complexity index is 2590. The molecule has 3 N–H and O–H groups in total. The lowest BCUT2D eigenvalue weighted by Crippen LogP contribution is -2.30. The fourth-order valence-electron chi connectivity index (χ4n) is 10.0. The minimum absolute atomic E-state index is 0.0150. The van der Waals surface area contributed by atoms with Crippen molar-refractivity contribution in [3.05, 3.63) is 158 Å². The third-order valence-electron chi connectivity index (χ3n) is 16.0. The number of unbranched alkanes of at least 4 members (excludes halogenated alkanes) is 21. The van der Waals surface area contributed by atoms with Gasteiger partial charge in [-0.25, -0.2) is 9.13 Å². The highest BCUT2D eigenvalue weighted by Gasteiger charge is 2.30. The zero-order valence-corrected chi connectivity index (χ0v) is 66.4. The average Bonchev–Trinajstić information content (AvgIpc) is 0.906. The smallest absolute Gasteiger partial charge is 0.462 e. The van der Waals surface area contributed by atoms with Gasteiger partial charge in [-0.2, -0.15) is 0 Å². The summed E-state index contributed by atoms with van der Waals surface area (Å²) in [6, 6.07) is 0. The zero-order chi connectivity index (χ0) is 76.0. The molecule has 5 atom stereocenters. The van der Waals surface area contributed by atoms with E-state index >= 15 is 0 Å². The molecule has 104 heavy (non-hydrogen) atoms.